The third-order valence-electron chi connectivity index (χ3n) is 1.78. The molecule has 3 unspecified atom stereocenters. The maximum absolute atomic E-state index is 12.5. The number of anilines is 1. The molecule has 2 N–H and O–H groups in total. The molecule has 0 aliphatic carbocycles. The SMILES string of the molecule is Nc1cc(C(F)(F)F)cc(C(P)(P)P)c1. The Balaban J connectivity index is 3.30. The molecule has 1 aromatic carbocycles. The number of benzene rings is 1. The van der Waals surface area contributed by atoms with Crippen LogP contribution in [0.1, 0.15) is 11.1 Å². The van der Waals surface area contributed by atoms with Gasteiger partial charge in [-0.1, -0.05) is 0 Å². The van der Waals surface area contributed by atoms with Gasteiger partial charge in [0.05, 0.1) is 5.56 Å². The molecule has 7 heteroatoms. The zero-order chi connectivity index (χ0) is 11.9. The summed E-state index contributed by atoms with van der Waals surface area (Å²) in [7, 11) is 7.26. The largest absolute Gasteiger partial charge is 0.416 e. The van der Waals surface area contributed by atoms with E-state index >= 15 is 0 Å². The van der Waals surface area contributed by atoms with Crippen LogP contribution in [0.2, 0.25) is 0 Å². The van der Waals surface area contributed by atoms with Crippen LogP contribution in [0.4, 0.5) is 18.9 Å². The molecule has 3 atom stereocenters. The van der Waals surface area contributed by atoms with Crippen LogP contribution >= 0.6 is 27.7 Å². The molecule has 0 aromatic heterocycles. The third-order valence-corrected chi connectivity index (χ3v) is 2.78. The molecule has 0 saturated heterocycles. The first-order valence-corrected chi connectivity index (χ1v) is 5.69. The number of rotatable bonds is 1. The fourth-order valence-electron chi connectivity index (χ4n) is 1.07. The molecule has 0 aliphatic heterocycles. The number of halogens is 3. The van der Waals surface area contributed by atoms with Crippen LogP contribution in [0, 0.1) is 0 Å². The topological polar surface area (TPSA) is 26.0 Å². The van der Waals surface area contributed by atoms with E-state index in [1.807, 2.05) is 0 Å². The van der Waals surface area contributed by atoms with E-state index in [0.29, 0.717) is 5.56 Å². The predicted octanol–water partition coefficient (Wildman–Crippen LogP) is 3.02. The standard InChI is InChI=1S/C8H11F3NP3/c9-7(10,11)4-1-5(8(13,14)15)3-6(12)2-4/h1-3H,12-15H2. The summed E-state index contributed by atoms with van der Waals surface area (Å²) in [6, 6.07) is 3.53. The van der Waals surface area contributed by atoms with Gasteiger partial charge in [0.25, 0.3) is 0 Å². The highest BCUT2D eigenvalue weighted by Gasteiger charge is 2.32. The Bertz CT molecular complexity index is 338. The molecule has 0 fully saturated rings. The normalized spacial score (nSPS) is 12.9. The van der Waals surface area contributed by atoms with E-state index in [1.165, 1.54) is 6.07 Å². The molecule has 1 rings (SSSR count). The van der Waals surface area contributed by atoms with Gasteiger partial charge in [0, 0.05) is 10.3 Å². The number of nitrogen functional groups attached to an aromatic ring is 1. The minimum absolute atomic E-state index is 0.108. The summed E-state index contributed by atoms with van der Waals surface area (Å²) in [5, 5.41) is 0. The molecule has 0 heterocycles. The van der Waals surface area contributed by atoms with Gasteiger partial charge < -0.3 is 5.73 Å². The van der Waals surface area contributed by atoms with Crippen molar-refractivity contribution in [2.24, 2.45) is 0 Å². The van der Waals surface area contributed by atoms with Crippen molar-refractivity contribution in [3.05, 3.63) is 29.3 Å². The lowest BCUT2D eigenvalue weighted by molar-refractivity contribution is -0.137. The Kier molecular flexibility index (Phi) is 3.66. The fraction of sp³-hybridized carbons (Fsp3) is 0.250. The molecule has 0 radical (unpaired) electrons. The van der Waals surface area contributed by atoms with Gasteiger partial charge >= 0.3 is 6.18 Å². The van der Waals surface area contributed by atoms with Crippen molar-refractivity contribution in [3.8, 4) is 0 Å². The highest BCUT2D eigenvalue weighted by molar-refractivity contribution is 7.56. The van der Waals surface area contributed by atoms with Gasteiger partial charge in [-0.05, 0) is 23.8 Å². The van der Waals surface area contributed by atoms with Crippen molar-refractivity contribution in [1.82, 2.24) is 0 Å². The second kappa shape index (κ2) is 4.17. The van der Waals surface area contributed by atoms with Gasteiger partial charge in [-0.2, -0.15) is 13.2 Å². The summed E-state index contributed by atoms with van der Waals surface area (Å²) in [5.41, 5.74) is 5.29. The van der Waals surface area contributed by atoms with Gasteiger partial charge in [-0.25, -0.2) is 0 Å². The quantitative estimate of drug-likeness (QED) is 0.616. The van der Waals surface area contributed by atoms with Gasteiger partial charge in [-0.15, -0.1) is 27.7 Å². The highest BCUT2D eigenvalue weighted by Crippen LogP contribution is 2.46. The van der Waals surface area contributed by atoms with Crippen LogP contribution in [0.3, 0.4) is 0 Å². The minimum Gasteiger partial charge on any atom is -0.399 e. The maximum atomic E-state index is 12.5. The summed E-state index contributed by atoms with van der Waals surface area (Å²) in [4.78, 5) is 0. The summed E-state index contributed by atoms with van der Waals surface area (Å²) >= 11 is 0. The first-order chi connectivity index (χ1) is 6.60. The zero-order valence-electron chi connectivity index (χ0n) is 7.68. The third kappa shape index (κ3) is 3.55. The molecule has 1 nitrogen and oxygen atoms in total. The number of hydrogen-bond donors (Lipinski definition) is 1. The van der Waals surface area contributed by atoms with E-state index in [4.69, 9.17) is 5.73 Å². The molecule has 84 valence electrons. The number of nitrogens with two attached hydrogens (primary N) is 1. The Morgan fingerprint density at radius 3 is 1.80 bits per heavy atom. The first kappa shape index (κ1) is 13.2. The molecule has 0 aliphatic rings. The Hall–Kier alpha value is 0.1000. The van der Waals surface area contributed by atoms with Crippen LogP contribution in [0.25, 0.3) is 0 Å². The van der Waals surface area contributed by atoms with Crippen LogP contribution in [0.5, 0.6) is 0 Å². The monoisotopic (exact) mass is 271 g/mol. The number of hydrogen-bond acceptors (Lipinski definition) is 1. The Morgan fingerprint density at radius 2 is 1.40 bits per heavy atom. The lowest BCUT2D eigenvalue weighted by Gasteiger charge is -2.20. The molecule has 15 heavy (non-hydrogen) atoms. The zero-order valence-corrected chi connectivity index (χ0v) is 11.1. The van der Waals surface area contributed by atoms with Crippen molar-refractivity contribution < 1.29 is 13.2 Å². The van der Waals surface area contributed by atoms with Gasteiger partial charge in [0.1, 0.15) is 0 Å². The predicted molar refractivity (Wildman–Crippen MR) is 66.7 cm³/mol. The van der Waals surface area contributed by atoms with E-state index in [0.717, 1.165) is 12.1 Å². The van der Waals surface area contributed by atoms with Crippen LogP contribution < -0.4 is 5.73 Å². The fourth-order valence-corrected chi connectivity index (χ4v) is 1.57. The summed E-state index contributed by atoms with van der Waals surface area (Å²) < 4.78 is 36.8. The molecular formula is C8H11F3NP3. The van der Waals surface area contributed by atoms with Crippen LogP contribution in [-0.4, -0.2) is 0 Å². The van der Waals surface area contributed by atoms with Gasteiger partial charge in [0.15, 0.2) is 0 Å². The lowest BCUT2D eigenvalue weighted by Crippen LogP contribution is -2.09. The van der Waals surface area contributed by atoms with Crippen LogP contribution in [0.15, 0.2) is 18.2 Å². The minimum atomic E-state index is -4.37. The van der Waals surface area contributed by atoms with E-state index in [-0.39, 0.29) is 5.69 Å². The second-order valence-corrected chi connectivity index (χ2v) is 8.14. The van der Waals surface area contributed by atoms with E-state index in [1.54, 1.807) is 0 Å². The molecule has 0 saturated carbocycles. The molecule has 0 amide bonds. The van der Waals surface area contributed by atoms with Crippen molar-refractivity contribution in [2.45, 2.75) is 10.8 Å². The summed E-state index contributed by atoms with van der Waals surface area (Å²) in [6.45, 7) is 0. The summed E-state index contributed by atoms with van der Waals surface area (Å²) in [5.74, 6) is 0. The number of alkyl halides is 3. The van der Waals surface area contributed by atoms with Crippen LogP contribution in [-0.2, 0) is 10.8 Å². The Labute approximate surface area is 93.0 Å². The average Bonchev–Trinajstić information content (AvgIpc) is 1.99. The van der Waals surface area contributed by atoms with Crippen molar-refractivity contribution >= 4 is 33.4 Å². The van der Waals surface area contributed by atoms with Gasteiger partial charge in [0.2, 0.25) is 0 Å². The maximum Gasteiger partial charge on any atom is 0.416 e. The lowest BCUT2D eigenvalue weighted by atomic mass is 10.1. The molecular weight excluding hydrogens is 260 g/mol. The van der Waals surface area contributed by atoms with Crippen molar-refractivity contribution in [3.63, 3.8) is 0 Å². The molecule has 0 spiro atoms. The van der Waals surface area contributed by atoms with E-state index in [2.05, 4.69) is 27.7 Å². The van der Waals surface area contributed by atoms with Gasteiger partial charge in [-0.3, -0.25) is 0 Å². The van der Waals surface area contributed by atoms with Crippen molar-refractivity contribution in [1.29, 1.82) is 0 Å². The molecule has 1 aromatic rings. The van der Waals surface area contributed by atoms with E-state index in [9.17, 15) is 13.2 Å². The van der Waals surface area contributed by atoms with E-state index < -0.39 is 16.4 Å². The highest BCUT2D eigenvalue weighted by atomic mass is 31.1. The Morgan fingerprint density at radius 1 is 0.933 bits per heavy atom. The smallest absolute Gasteiger partial charge is 0.399 e. The molecule has 0 bridgehead atoms. The summed E-state index contributed by atoms with van der Waals surface area (Å²) in [6.07, 6.45) is -4.37. The van der Waals surface area contributed by atoms with Crippen molar-refractivity contribution in [2.75, 3.05) is 5.73 Å². The first-order valence-electron chi connectivity index (χ1n) is 3.95. The average molecular weight is 271 g/mol. The second-order valence-electron chi connectivity index (χ2n) is 3.27.